The molecule has 0 radical (unpaired) electrons. The van der Waals surface area contributed by atoms with Crippen LogP contribution in [0.1, 0.15) is 13.8 Å². The summed E-state index contributed by atoms with van der Waals surface area (Å²) in [4.78, 5) is 30.6. The summed E-state index contributed by atoms with van der Waals surface area (Å²) >= 11 is 1.28. The van der Waals surface area contributed by atoms with Gasteiger partial charge in [-0.3, -0.25) is 10.1 Å². The molecule has 0 bridgehead atoms. The molecule has 6 nitrogen and oxygen atoms in total. The van der Waals surface area contributed by atoms with E-state index in [0.29, 0.717) is 11.7 Å². The summed E-state index contributed by atoms with van der Waals surface area (Å²) in [6.45, 7) is 3.99. The van der Waals surface area contributed by atoms with Crippen molar-refractivity contribution in [1.82, 2.24) is 20.6 Å². The minimum Gasteiger partial charge on any atom is -0.338 e. The number of nitrogens with one attached hydrogen (secondary N) is 3. The molecule has 1 unspecified atom stereocenters. The normalized spacial score (nSPS) is 12.1. The molecule has 1 atom stereocenters. The van der Waals surface area contributed by atoms with Crippen LogP contribution in [0.25, 0.3) is 11.0 Å². The third-order valence-electron chi connectivity index (χ3n) is 2.60. The molecule has 0 saturated carbocycles. The average molecular weight is 292 g/mol. The Kier molecular flexibility index (Phi) is 4.62. The maximum atomic E-state index is 11.8. The third kappa shape index (κ3) is 3.51. The van der Waals surface area contributed by atoms with Gasteiger partial charge in [0.1, 0.15) is 0 Å². The summed E-state index contributed by atoms with van der Waals surface area (Å²) in [6.07, 6.45) is 0. The van der Waals surface area contributed by atoms with Gasteiger partial charge in [-0.1, -0.05) is 23.9 Å². The zero-order valence-corrected chi connectivity index (χ0v) is 12.1. The van der Waals surface area contributed by atoms with Crippen molar-refractivity contribution in [1.29, 1.82) is 0 Å². The summed E-state index contributed by atoms with van der Waals surface area (Å²) in [5, 5.41) is 5.04. The Morgan fingerprint density at radius 3 is 2.85 bits per heavy atom. The molecule has 1 aromatic carbocycles. The number of urea groups is 1. The second-order valence-electron chi connectivity index (χ2n) is 4.17. The lowest BCUT2D eigenvalue weighted by Gasteiger charge is -2.09. The number of rotatable bonds is 4. The van der Waals surface area contributed by atoms with Crippen LogP contribution in [0.2, 0.25) is 0 Å². The fourth-order valence-corrected chi connectivity index (χ4v) is 2.45. The number of aromatic nitrogens is 2. The van der Waals surface area contributed by atoms with Crippen molar-refractivity contribution in [2.45, 2.75) is 24.3 Å². The van der Waals surface area contributed by atoms with Crippen molar-refractivity contribution in [2.24, 2.45) is 0 Å². The molecule has 2 aromatic rings. The molecular weight excluding hydrogens is 276 g/mol. The lowest BCUT2D eigenvalue weighted by atomic mass is 10.3. The van der Waals surface area contributed by atoms with Gasteiger partial charge in [0.05, 0.1) is 16.3 Å². The number of aromatic amines is 1. The maximum absolute atomic E-state index is 11.8. The van der Waals surface area contributed by atoms with Crippen molar-refractivity contribution in [2.75, 3.05) is 6.54 Å². The summed E-state index contributed by atoms with van der Waals surface area (Å²) < 4.78 is 0. The molecule has 0 aliphatic heterocycles. The first kappa shape index (κ1) is 14.4. The van der Waals surface area contributed by atoms with Crippen molar-refractivity contribution in [3.63, 3.8) is 0 Å². The molecule has 1 heterocycles. The topological polar surface area (TPSA) is 86.9 Å². The highest BCUT2D eigenvalue weighted by atomic mass is 32.2. The van der Waals surface area contributed by atoms with Crippen LogP contribution in [0.4, 0.5) is 4.79 Å². The van der Waals surface area contributed by atoms with Gasteiger partial charge >= 0.3 is 6.03 Å². The number of thioether (sulfide) groups is 1. The first-order valence-electron chi connectivity index (χ1n) is 6.30. The first-order valence-corrected chi connectivity index (χ1v) is 7.18. The molecule has 7 heteroatoms. The van der Waals surface area contributed by atoms with Crippen molar-refractivity contribution < 1.29 is 9.59 Å². The zero-order chi connectivity index (χ0) is 14.5. The summed E-state index contributed by atoms with van der Waals surface area (Å²) in [6, 6.07) is 7.17. The van der Waals surface area contributed by atoms with E-state index >= 15 is 0 Å². The van der Waals surface area contributed by atoms with Crippen LogP contribution in [0, 0.1) is 0 Å². The van der Waals surface area contributed by atoms with Crippen LogP contribution in [0.3, 0.4) is 0 Å². The number of nitrogens with zero attached hydrogens (tertiary/aromatic N) is 1. The largest absolute Gasteiger partial charge is 0.338 e. The van der Waals surface area contributed by atoms with Gasteiger partial charge in [-0.25, -0.2) is 9.78 Å². The fourth-order valence-electron chi connectivity index (χ4n) is 1.62. The van der Waals surface area contributed by atoms with E-state index in [1.807, 2.05) is 24.3 Å². The minimum atomic E-state index is -0.477. The Morgan fingerprint density at radius 1 is 1.40 bits per heavy atom. The highest BCUT2D eigenvalue weighted by molar-refractivity contribution is 8.00. The Hall–Kier alpha value is -2.02. The molecule has 20 heavy (non-hydrogen) atoms. The van der Waals surface area contributed by atoms with Crippen molar-refractivity contribution >= 4 is 34.7 Å². The number of hydrogen-bond acceptors (Lipinski definition) is 4. The molecule has 106 valence electrons. The van der Waals surface area contributed by atoms with Crippen molar-refractivity contribution in [3.8, 4) is 0 Å². The van der Waals surface area contributed by atoms with Crippen molar-refractivity contribution in [3.05, 3.63) is 24.3 Å². The van der Waals surface area contributed by atoms with E-state index in [1.54, 1.807) is 13.8 Å². The maximum Gasteiger partial charge on any atom is 0.321 e. The molecule has 3 N–H and O–H groups in total. The van der Waals surface area contributed by atoms with E-state index in [-0.39, 0.29) is 5.91 Å². The van der Waals surface area contributed by atoms with Crippen LogP contribution in [-0.4, -0.2) is 33.7 Å². The quantitative estimate of drug-likeness (QED) is 0.751. The number of para-hydroxylation sites is 2. The van der Waals surface area contributed by atoms with Gasteiger partial charge in [0.25, 0.3) is 0 Å². The molecule has 2 rings (SSSR count). The summed E-state index contributed by atoms with van der Waals surface area (Å²) in [5.41, 5.74) is 1.78. The molecule has 3 amide bonds. The average Bonchev–Trinajstić information content (AvgIpc) is 2.80. The molecule has 0 fully saturated rings. The van der Waals surface area contributed by atoms with E-state index in [0.717, 1.165) is 11.0 Å². The second kappa shape index (κ2) is 6.42. The number of imide groups is 1. The Bertz CT molecular complexity index is 593. The van der Waals surface area contributed by atoms with Gasteiger partial charge in [-0.15, -0.1) is 0 Å². The summed E-state index contributed by atoms with van der Waals surface area (Å²) in [7, 11) is 0. The smallest absolute Gasteiger partial charge is 0.321 e. The van der Waals surface area contributed by atoms with E-state index in [2.05, 4.69) is 20.6 Å². The van der Waals surface area contributed by atoms with Gasteiger partial charge in [0.2, 0.25) is 5.91 Å². The van der Waals surface area contributed by atoms with E-state index in [4.69, 9.17) is 0 Å². The van der Waals surface area contributed by atoms with Crippen LogP contribution < -0.4 is 10.6 Å². The minimum absolute atomic E-state index is 0.346. The zero-order valence-electron chi connectivity index (χ0n) is 11.3. The lowest BCUT2D eigenvalue weighted by molar-refractivity contribution is -0.119. The van der Waals surface area contributed by atoms with E-state index in [9.17, 15) is 9.59 Å². The number of imidazole rings is 1. The van der Waals surface area contributed by atoms with Crippen LogP contribution in [0.5, 0.6) is 0 Å². The molecular formula is C13H16N4O2S. The predicted molar refractivity (Wildman–Crippen MR) is 78.6 cm³/mol. The number of amides is 3. The molecule has 0 aliphatic carbocycles. The number of carbonyl (C=O) groups excluding carboxylic acids is 2. The van der Waals surface area contributed by atoms with Gasteiger partial charge in [-0.2, -0.15) is 0 Å². The number of H-pyrrole nitrogens is 1. The van der Waals surface area contributed by atoms with E-state index in [1.165, 1.54) is 11.8 Å². The standard InChI is InChI=1S/C13H16N4O2S/c1-3-14-12(19)17-11(18)8(2)20-13-15-9-6-4-5-7-10(9)16-13/h4-8H,3H2,1-2H3,(H,15,16)(H2,14,17,18,19). The fraction of sp³-hybridized carbons (Fsp3) is 0.308. The highest BCUT2D eigenvalue weighted by Crippen LogP contribution is 2.23. The first-order chi connectivity index (χ1) is 9.60. The number of hydrogen-bond donors (Lipinski definition) is 3. The van der Waals surface area contributed by atoms with Crippen LogP contribution >= 0.6 is 11.8 Å². The third-order valence-corrected chi connectivity index (χ3v) is 3.58. The monoisotopic (exact) mass is 292 g/mol. The molecule has 0 spiro atoms. The molecule has 0 aliphatic rings. The number of benzene rings is 1. The Balaban J connectivity index is 1.98. The van der Waals surface area contributed by atoms with E-state index < -0.39 is 11.3 Å². The number of carbonyl (C=O) groups is 2. The van der Waals surface area contributed by atoms with Gasteiger partial charge in [-0.05, 0) is 26.0 Å². The Labute approximate surface area is 120 Å². The number of fused-ring (bicyclic) bond motifs is 1. The Morgan fingerprint density at radius 2 is 2.15 bits per heavy atom. The molecule has 1 aromatic heterocycles. The second-order valence-corrected chi connectivity index (χ2v) is 5.50. The predicted octanol–water partition coefficient (Wildman–Crippen LogP) is 1.89. The molecule has 0 saturated heterocycles. The SMILES string of the molecule is CCNC(=O)NC(=O)C(C)Sc1nc2ccccc2[nH]1. The van der Waals surface area contributed by atoms with Crippen LogP contribution in [-0.2, 0) is 4.79 Å². The highest BCUT2D eigenvalue weighted by Gasteiger charge is 2.18. The van der Waals surface area contributed by atoms with Gasteiger partial charge in [0.15, 0.2) is 5.16 Å². The summed E-state index contributed by atoms with van der Waals surface area (Å²) in [5.74, 6) is -0.346. The van der Waals surface area contributed by atoms with Crippen LogP contribution in [0.15, 0.2) is 29.4 Å². The van der Waals surface area contributed by atoms with Gasteiger partial charge in [0, 0.05) is 6.54 Å². The lowest BCUT2D eigenvalue weighted by Crippen LogP contribution is -2.42. The van der Waals surface area contributed by atoms with Gasteiger partial charge < -0.3 is 10.3 Å².